The molecule has 0 aromatic heterocycles. The predicted octanol–water partition coefficient (Wildman–Crippen LogP) is -0.782. The van der Waals surface area contributed by atoms with Crippen molar-refractivity contribution in [1.29, 1.82) is 0 Å². The summed E-state index contributed by atoms with van der Waals surface area (Å²) in [6, 6.07) is 0. The van der Waals surface area contributed by atoms with Gasteiger partial charge in [-0.25, -0.2) is 13.7 Å². The largest absolute Gasteiger partial charge is 0.470 e. The summed E-state index contributed by atoms with van der Waals surface area (Å²) < 4.78 is 57.8. The molecule has 20 heteroatoms. The van der Waals surface area contributed by atoms with Crippen LogP contribution in [0.4, 0.5) is 0 Å². The van der Waals surface area contributed by atoms with Crippen molar-refractivity contribution in [2.75, 3.05) is 0 Å². The predicted molar refractivity (Wildman–Crippen MR) is 106 cm³/mol. The van der Waals surface area contributed by atoms with Crippen LogP contribution in [-0.4, -0.2) is 83.0 Å². The Morgan fingerprint density at radius 3 is 1.12 bits per heavy atom. The van der Waals surface area contributed by atoms with Crippen molar-refractivity contribution < 1.29 is 80.8 Å². The molecule has 1 fully saturated rings. The van der Waals surface area contributed by atoms with E-state index in [4.69, 9.17) is 9.47 Å². The van der Waals surface area contributed by atoms with E-state index in [1.165, 1.54) is 0 Å². The van der Waals surface area contributed by atoms with Gasteiger partial charge in [0.05, 0.1) is 0 Å². The number of rotatable bonds is 12. The number of ether oxygens (including phenoxy) is 2. The molecule has 0 radical (unpaired) electrons. The first-order valence-corrected chi connectivity index (χ1v) is 14.3. The quantitative estimate of drug-likeness (QED) is 0.114. The lowest BCUT2D eigenvalue weighted by atomic mass is 9.84. The molecule has 0 amide bonds. The Morgan fingerprint density at radius 1 is 0.618 bits per heavy atom. The summed E-state index contributed by atoms with van der Waals surface area (Å²) in [5, 5.41) is 10.7. The van der Waals surface area contributed by atoms with Gasteiger partial charge in [-0.2, -0.15) is 0 Å². The molecule has 0 bridgehead atoms. The van der Waals surface area contributed by atoms with Gasteiger partial charge in [0.2, 0.25) is 0 Å². The van der Waals surface area contributed by atoms with Gasteiger partial charge in [-0.1, -0.05) is 13.8 Å². The van der Waals surface area contributed by atoms with E-state index in [1.54, 1.807) is 13.8 Å². The van der Waals surface area contributed by atoms with Gasteiger partial charge in [0, 0.05) is 12.8 Å². The third-order valence-corrected chi connectivity index (χ3v) is 5.74. The van der Waals surface area contributed by atoms with Gasteiger partial charge in [0.25, 0.3) is 0 Å². The number of carbonyl (C=O) groups excluding carboxylic acids is 2. The Kier molecular flexibility index (Phi) is 11.5. The van der Waals surface area contributed by atoms with Crippen molar-refractivity contribution in [3.8, 4) is 0 Å². The highest BCUT2D eigenvalue weighted by molar-refractivity contribution is 7.47. The SMILES string of the molecule is CCCC(=O)O[C@@H]1[C@@H](O)[C@@H](OC(=O)CCC)[C@@H](OP(=O)(O)O)[C@H](OP(=O)(O)O)[C@H]1OP(=O)(O)O. The summed E-state index contributed by atoms with van der Waals surface area (Å²) in [6.07, 6.45) is -14.3. The standard InChI is InChI=1S/C14H27O17P3/c1-3-5-7(15)27-10-9(17)11(28-8(16)6-4-2)13(30-33(21,22)23)14(31-34(24,25)26)12(10)29-32(18,19)20/h9-14,17H,3-6H2,1-2H3,(H2,18,19,20)(H2,21,22,23)(H2,24,25,26)/t9-,10-,11-,12+,13-,14-/m1/s1. The van der Waals surface area contributed by atoms with Gasteiger partial charge in [0.1, 0.15) is 24.4 Å². The molecule has 1 saturated carbocycles. The van der Waals surface area contributed by atoms with E-state index >= 15 is 0 Å². The average Bonchev–Trinajstić information content (AvgIpc) is 2.62. The van der Waals surface area contributed by atoms with E-state index in [9.17, 15) is 57.8 Å². The third-order valence-electron chi connectivity index (χ3n) is 4.19. The fraction of sp³-hybridized carbons (Fsp3) is 0.857. The Hall–Kier alpha value is -0.770. The Morgan fingerprint density at radius 2 is 0.882 bits per heavy atom. The summed E-state index contributed by atoms with van der Waals surface area (Å²) in [5.74, 6) is -2.12. The highest BCUT2D eigenvalue weighted by Crippen LogP contribution is 2.51. The zero-order chi connectivity index (χ0) is 26.5. The van der Waals surface area contributed by atoms with E-state index in [0.717, 1.165) is 0 Å². The van der Waals surface area contributed by atoms with Crippen LogP contribution in [0.5, 0.6) is 0 Å². The van der Waals surface area contributed by atoms with Crippen LogP contribution in [0.3, 0.4) is 0 Å². The minimum absolute atomic E-state index is 0.215. The Labute approximate surface area is 193 Å². The van der Waals surface area contributed by atoms with Crippen LogP contribution in [0, 0.1) is 0 Å². The minimum Gasteiger partial charge on any atom is -0.457 e. The normalized spacial score (nSPS) is 28.4. The van der Waals surface area contributed by atoms with Crippen LogP contribution in [0.1, 0.15) is 39.5 Å². The number of hydrogen-bond donors (Lipinski definition) is 7. The summed E-state index contributed by atoms with van der Waals surface area (Å²) in [5.41, 5.74) is 0. The molecule has 0 aromatic rings. The first-order chi connectivity index (χ1) is 15.4. The van der Waals surface area contributed by atoms with Crippen molar-refractivity contribution in [2.45, 2.75) is 76.2 Å². The van der Waals surface area contributed by atoms with Gasteiger partial charge < -0.3 is 43.9 Å². The number of hydrogen-bond acceptors (Lipinski definition) is 11. The van der Waals surface area contributed by atoms with Gasteiger partial charge in [-0.3, -0.25) is 23.2 Å². The molecule has 200 valence electrons. The molecule has 0 saturated heterocycles. The molecule has 0 aliphatic heterocycles. The van der Waals surface area contributed by atoms with Gasteiger partial charge in [-0.05, 0) is 12.8 Å². The third kappa shape index (κ3) is 10.5. The molecular weight excluding hydrogens is 533 g/mol. The first kappa shape index (κ1) is 31.3. The lowest BCUT2D eigenvalue weighted by molar-refractivity contribution is -0.233. The van der Waals surface area contributed by atoms with Crippen molar-refractivity contribution in [2.24, 2.45) is 0 Å². The molecule has 1 aliphatic carbocycles. The zero-order valence-corrected chi connectivity index (χ0v) is 20.5. The number of esters is 2. The van der Waals surface area contributed by atoms with Crippen LogP contribution in [0.25, 0.3) is 0 Å². The zero-order valence-electron chi connectivity index (χ0n) is 17.8. The molecule has 7 N–H and O–H groups in total. The number of aliphatic hydroxyl groups is 1. The molecule has 17 nitrogen and oxygen atoms in total. The van der Waals surface area contributed by atoms with Crippen LogP contribution in [-0.2, 0) is 46.3 Å². The molecule has 1 rings (SSSR count). The highest BCUT2D eigenvalue weighted by Gasteiger charge is 2.60. The molecule has 1 aliphatic rings. The monoisotopic (exact) mass is 560 g/mol. The summed E-state index contributed by atoms with van der Waals surface area (Å²) in [4.78, 5) is 79.8. The van der Waals surface area contributed by atoms with E-state index in [1.807, 2.05) is 0 Å². The fourth-order valence-corrected chi connectivity index (χ4v) is 4.75. The highest BCUT2D eigenvalue weighted by atomic mass is 31.2. The van der Waals surface area contributed by atoms with Crippen LogP contribution in [0.2, 0.25) is 0 Å². The lowest BCUT2D eigenvalue weighted by Crippen LogP contribution is -2.67. The molecule has 0 unspecified atom stereocenters. The molecular formula is C14H27O17P3. The van der Waals surface area contributed by atoms with E-state index in [0.29, 0.717) is 0 Å². The summed E-state index contributed by atoms with van der Waals surface area (Å²) in [6.45, 7) is 3.11. The van der Waals surface area contributed by atoms with Crippen molar-refractivity contribution in [1.82, 2.24) is 0 Å². The lowest BCUT2D eigenvalue weighted by Gasteiger charge is -2.46. The second kappa shape index (κ2) is 12.5. The molecule has 0 heterocycles. The van der Waals surface area contributed by atoms with Gasteiger partial charge in [-0.15, -0.1) is 0 Å². The van der Waals surface area contributed by atoms with Crippen LogP contribution < -0.4 is 0 Å². The van der Waals surface area contributed by atoms with E-state index in [-0.39, 0.29) is 25.7 Å². The molecule has 0 aromatic carbocycles. The number of phosphoric acid groups is 3. The van der Waals surface area contributed by atoms with Crippen molar-refractivity contribution in [3.63, 3.8) is 0 Å². The molecule has 0 spiro atoms. The van der Waals surface area contributed by atoms with Gasteiger partial charge >= 0.3 is 35.4 Å². The second-order valence-electron chi connectivity index (χ2n) is 7.08. The minimum atomic E-state index is -5.63. The van der Waals surface area contributed by atoms with E-state index in [2.05, 4.69) is 13.6 Å². The maximum atomic E-state index is 12.1. The Bertz CT molecular complexity index is 788. The van der Waals surface area contributed by atoms with Crippen LogP contribution in [0.15, 0.2) is 0 Å². The maximum absolute atomic E-state index is 12.1. The summed E-state index contributed by atoms with van der Waals surface area (Å²) >= 11 is 0. The van der Waals surface area contributed by atoms with Gasteiger partial charge in [0.15, 0.2) is 12.2 Å². The first-order valence-electron chi connectivity index (χ1n) is 9.67. The Balaban J connectivity index is 3.67. The second-order valence-corrected chi connectivity index (χ2v) is 10.7. The fourth-order valence-electron chi connectivity index (χ4n) is 3.08. The average molecular weight is 560 g/mol. The molecule has 6 atom stereocenters. The molecule has 34 heavy (non-hydrogen) atoms. The van der Waals surface area contributed by atoms with Crippen molar-refractivity contribution >= 4 is 35.4 Å². The number of carbonyl (C=O) groups is 2. The van der Waals surface area contributed by atoms with Crippen molar-refractivity contribution in [3.05, 3.63) is 0 Å². The number of aliphatic hydroxyl groups excluding tert-OH is 1. The maximum Gasteiger partial charge on any atom is 0.470 e. The topological polar surface area (TPSA) is 273 Å². The smallest absolute Gasteiger partial charge is 0.457 e. The number of phosphoric ester groups is 3. The summed E-state index contributed by atoms with van der Waals surface area (Å²) in [7, 11) is -16.8. The van der Waals surface area contributed by atoms with Crippen LogP contribution >= 0.6 is 23.5 Å². The van der Waals surface area contributed by atoms with E-state index < -0.39 is 72.0 Å².